The molecule has 5 aromatic rings. The second-order valence-corrected chi connectivity index (χ2v) is 10.4. The van der Waals surface area contributed by atoms with Crippen LogP contribution in [0.15, 0.2) is 109 Å². The van der Waals surface area contributed by atoms with E-state index in [0.29, 0.717) is 9.98 Å². The van der Waals surface area contributed by atoms with Crippen molar-refractivity contribution in [3.05, 3.63) is 120 Å². The molecule has 2 N–H and O–H groups in total. The van der Waals surface area contributed by atoms with Crippen molar-refractivity contribution < 1.29 is 9.47 Å². The van der Waals surface area contributed by atoms with E-state index >= 15 is 0 Å². The molecular weight excluding hydrogens is 541 g/mol. The van der Waals surface area contributed by atoms with Crippen LogP contribution in [0.25, 0.3) is 21.6 Å². The Morgan fingerprint density at radius 3 is 1.54 bits per heavy atom. The molecule has 0 fully saturated rings. The number of methoxy groups -OCH3 is 2. The van der Waals surface area contributed by atoms with Crippen LogP contribution in [0, 0.1) is 0 Å². The molecule has 39 heavy (non-hydrogen) atoms. The summed E-state index contributed by atoms with van der Waals surface area (Å²) in [5.74, 6) is 1.58. The van der Waals surface area contributed by atoms with Crippen LogP contribution in [-0.4, -0.2) is 24.2 Å². The van der Waals surface area contributed by atoms with Crippen LogP contribution < -0.4 is 20.1 Å². The third-order valence-electron chi connectivity index (χ3n) is 6.18. The highest BCUT2D eigenvalue weighted by Crippen LogP contribution is 2.50. The number of anilines is 2. The van der Waals surface area contributed by atoms with Crippen molar-refractivity contribution in [3.8, 4) is 33.1 Å². The van der Waals surface area contributed by atoms with E-state index in [2.05, 4.69) is 22.8 Å². The van der Waals surface area contributed by atoms with Crippen LogP contribution >= 0.6 is 35.8 Å². The SMILES string of the molecule is COc1ccc(-c2sc(NC(=S)c3ccccc3)c(-c3ccc(OC)cc3)c2NC(=S)c2ccccc2)cc1. The number of nitrogens with one attached hydrogen (secondary N) is 2. The van der Waals surface area contributed by atoms with E-state index in [1.165, 1.54) is 0 Å². The smallest absolute Gasteiger partial charge is 0.118 e. The zero-order valence-electron chi connectivity index (χ0n) is 21.4. The fraction of sp³-hybridized carbons (Fsp3) is 0.0625. The van der Waals surface area contributed by atoms with Gasteiger partial charge in [0.25, 0.3) is 0 Å². The molecule has 194 valence electrons. The van der Waals surface area contributed by atoms with Gasteiger partial charge in [0.15, 0.2) is 0 Å². The predicted octanol–water partition coefficient (Wildman–Crippen LogP) is 8.67. The molecule has 4 nitrogen and oxygen atoms in total. The molecule has 5 rings (SSSR count). The molecule has 0 saturated heterocycles. The van der Waals surface area contributed by atoms with Crippen LogP contribution in [0.5, 0.6) is 11.5 Å². The van der Waals surface area contributed by atoms with E-state index in [0.717, 1.165) is 54.9 Å². The first-order chi connectivity index (χ1) is 19.1. The molecule has 0 saturated carbocycles. The van der Waals surface area contributed by atoms with Gasteiger partial charge in [-0.1, -0.05) is 97.2 Å². The maximum absolute atomic E-state index is 5.88. The molecule has 1 heterocycles. The second-order valence-electron chi connectivity index (χ2n) is 8.61. The fourth-order valence-electron chi connectivity index (χ4n) is 4.16. The Bertz CT molecular complexity index is 1580. The zero-order chi connectivity index (χ0) is 27.2. The Morgan fingerprint density at radius 2 is 1.05 bits per heavy atom. The van der Waals surface area contributed by atoms with E-state index < -0.39 is 0 Å². The quantitative estimate of drug-likeness (QED) is 0.183. The van der Waals surface area contributed by atoms with E-state index in [1.54, 1.807) is 25.6 Å². The van der Waals surface area contributed by atoms with E-state index in [9.17, 15) is 0 Å². The number of hydrogen-bond donors (Lipinski definition) is 2. The summed E-state index contributed by atoms with van der Waals surface area (Å²) in [6.45, 7) is 0. The van der Waals surface area contributed by atoms with Crippen LogP contribution in [0.3, 0.4) is 0 Å². The minimum absolute atomic E-state index is 0.634. The van der Waals surface area contributed by atoms with Gasteiger partial charge in [-0.15, -0.1) is 11.3 Å². The third-order valence-corrected chi connectivity index (χ3v) is 8.01. The first-order valence-corrected chi connectivity index (χ1v) is 13.9. The highest BCUT2D eigenvalue weighted by molar-refractivity contribution is 7.81. The number of benzene rings is 4. The van der Waals surface area contributed by atoms with Gasteiger partial charge in [0, 0.05) is 16.7 Å². The lowest BCUT2D eigenvalue weighted by Gasteiger charge is -2.15. The number of hydrogen-bond acceptors (Lipinski definition) is 5. The molecule has 0 radical (unpaired) electrons. The monoisotopic (exact) mass is 566 g/mol. The molecule has 0 atom stereocenters. The zero-order valence-corrected chi connectivity index (χ0v) is 23.9. The lowest BCUT2D eigenvalue weighted by Crippen LogP contribution is -2.12. The van der Waals surface area contributed by atoms with Gasteiger partial charge in [-0.2, -0.15) is 0 Å². The second kappa shape index (κ2) is 12.2. The highest BCUT2D eigenvalue weighted by atomic mass is 32.1. The number of ether oxygens (including phenoxy) is 2. The van der Waals surface area contributed by atoms with Gasteiger partial charge >= 0.3 is 0 Å². The van der Waals surface area contributed by atoms with Gasteiger partial charge in [-0.25, -0.2) is 0 Å². The minimum atomic E-state index is 0.634. The molecule has 0 spiro atoms. The van der Waals surface area contributed by atoms with Crippen molar-refractivity contribution in [3.63, 3.8) is 0 Å². The Labute approximate surface area is 243 Å². The number of rotatable bonds is 8. The molecule has 4 aromatic carbocycles. The Hall–Kier alpha value is -4.04. The van der Waals surface area contributed by atoms with Crippen molar-refractivity contribution in [1.29, 1.82) is 0 Å². The molecule has 0 amide bonds. The van der Waals surface area contributed by atoms with Crippen LogP contribution in [0.4, 0.5) is 10.7 Å². The topological polar surface area (TPSA) is 42.5 Å². The minimum Gasteiger partial charge on any atom is -0.497 e. The van der Waals surface area contributed by atoms with E-state index in [4.69, 9.17) is 33.9 Å². The largest absolute Gasteiger partial charge is 0.497 e. The summed E-state index contributed by atoms with van der Waals surface area (Å²) in [7, 11) is 3.33. The van der Waals surface area contributed by atoms with Gasteiger partial charge < -0.3 is 20.1 Å². The van der Waals surface area contributed by atoms with Crippen molar-refractivity contribution in [2.75, 3.05) is 24.9 Å². The molecule has 1 aromatic heterocycles. The summed E-state index contributed by atoms with van der Waals surface area (Å²) in [6, 6.07) is 36.0. The van der Waals surface area contributed by atoms with Gasteiger partial charge in [-0.05, 0) is 47.5 Å². The van der Waals surface area contributed by atoms with Gasteiger partial charge in [-0.3, -0.25) is 0 Å². The summed E-state index contributed by atoms with van der Waals surface area (Å²) in [5.41, 5.74) is 5.81. The molecule has 7 heteroatoms. The summed E-state index contributed by atoms with van der Waals surface area (Å²) in [4.78, 5) is 2.31. The molecular formula is C32H26N2O2S3. The van der Waals surface area contributed by atoms with Crippen LogP contribution in [-0.2, 0) is 0 Å². The molecule has 0 bridgehead atoms. The van der Waals surface area contributed by atoms with Gasteiger partial charge in [0.05, 0.1) is 24.8 Å². The normalized spacial score (nSPS) is 10.5. The number of thiophene rings is 1. The van der Waals surface area contributed by atoms with E-state index in [-0.39, 0.29) is 0 Å². The van der Waals surface area contributed by atoms with Crippen LogP contribution in [0.2, 0.25) is 0 Å². The molecule has 0 aliphatic heterocycles. The average Bonchev–Trinajstić information content (AvgIpc) is 3.35. The average molecular weight is 567 g/mol. The highest BCUT2D eigenvalue weighted by Gasteiger charge is 2.23. The van der Waals surface area contributed by atoms with Crippen molar-refractivity contribution in [1.82, 2.24) is 0 Å². The number of thiocarbonyl (C=S) groups is 2. The Kier molecular flexibility index (Phi) is 8.32. The van der Waals surface area contributed by atoms with Gasteiger partial charge in [0.1, 0.15) is 26.5 Å². The van der Waals surface area contributed by atoms with Gasteiger partial charge in [0.2, 0.25) is 0 Å². The first-order valence-electron chi connectivity index (χ1n) is 12.3. The fourth-order valence-corrected chi connectivity index (χ4v) is 5.89. The van der Waals surface area contributed by atoms with E-state index in [1.807, 2.05) is 97.1 Å². The molecule has 0 unspecified atom stereocenters. The molecule has 0 aliphatic rings. The lowest BCUT2D eigenvalue weighted by atomic mass is 10.0. The van der Waals surface area contributed by atoms with Crippen molar-refractivity contribution >= 4 is 56.4 Å². The summed E-state index contributed by atoms with van der Waals surface area (Å²) in [5, 5.41) is 8.02. The third kappa shape index (κ3) is 6.01. The maximum atomic E-state index is 5.88. The standard InChI is InChI=1S/C32H26N2O2S3/c1-35-25-17-13-21(14-18-25)27-28(33-30(37)23-9-5-3-6-10-23)29(22-15-19-26(36-2)20-16-22)39-32(27)34-31(38)24-11-7-4-8-12-24/h3-20H,1-2H3,(H,33,37)(H,34,38). The first kappa shape index (κ1) is 26.6. The summed E-state index contributed by atoms with van der Waals surface area (Å²) >= 11 is 13.3. The maximum Gasteiger partial charge on any atom is 0.118 e. The Balaban J connectivity index is 1.68. The lowest BCUT2D eigenvalue weighted by molar-refractivity contribution is 0.415. The summed E-state index contributed by atoms with van der Waals surface area (Å²) < 4.78 is 10.8. The predicted molar refractivity (Wildman–Crippen MR) is 172 cm³/mol. The van der Waals surface area contributed by atoms with Crippen molar-refractivity contribution in [2.45, 2.75) is 0 Å². The summed E-state index contributed by atoms with van der Waals surface area (Å²) in [6.07, 6.45) is 0. The molecule has 0 aliphatic carbocycles. The van der Waals surface area contributed by atoms with Crippen LogP contribution in [0.1, 0.15) is 11.1 Å². The van der Waals surface area contributed by atoms with Crippen molar-refractivity contribution in [2.24, 2.45) is 0 Å². The Morgan fingerprint density at radius 1 is 0.590 bits per heavy atom.